The average Bonchev–Trinajstić information content (AvgIpc) is 2.59. The highest BCUT2D eigenvalue weighted by Gasteiger charge is 2.18. The highest BCUT2D eigenvalue weighted by atomic mass is 16.2. The molecular weight excluding hydrogens is 228 g/mol. The second-order valence-corrected chi connectivity index (χ2v) is 5.22. The van der Waals surface area contributed by atoms with Crippen molar-refractivity contribution in [3.05, 3.63) is 11.4 Å². The Morgan fingerprint density at radius 3 is 2.67 bits per heavy atom. The van der Waals surface area contributed by atoms with Gasteiger partial charge in [0.1, 0.15) is 0 Å². The van der Waals surface area contributed by atoms with Gasteiger partial charge in [-0.05, 0) is 25.7 Å². The fraction of sp³-hybridized carbons (Fsp3) is 0.692. The third-order valence-corrected chi connectivity index (χ3v) is 2.80. The lowest BCUT2D eigenvalue weighted by Gasteiger charge is -2.15. The van der Waals surface area contributed by atoms with E-state index in [4.69, 9.17) is 5.73 Å². The predicted octanol–water partition coefficient (Wildman–Crippen LogP) is 2.11. The molecule has 0 aliphatic rings. The fourth-order valence-electron chi connectivity index (χ4n) is 2.06. The highest BCUT2D eigenvalue weighted by molar-refractivity contribution is 5.97. The predicted molar refractivity (Wildman–Crippen MR) is 73.4 cm³/mol. The van der Waals surface area contributed by atoms with Gasteiger partial charge in [-0.2, -0.15) is 5.10 Å². The largest absolute Gasteiger partial charge is 0.395 e. The van der Waals surface area contributed by atoms with E-state index in [1.807, 2.05) is 6.92 Å². The third kappa shape index (κ3) is 3.75. The maximum absolute atomic E-state index is 12.0. The molecule has 5 nitrogen and oxygen atoms in total. The van der Waals surface area contributed by atoms with Crippen molar-refractivity contribution in [2.45, 2.75) is 53.0 Å². The molecule has 1 rings (SSSR count). The molecule has 0 aliphatic heterocycles. The number of aromatic nitrogens is 2. The molecule has 1 heterocycles. The lowest BCUT2D eigenvalue weighted by Crippen LogP contribution is -2.34. The van der Waals surface area contributed by atoms with Crippen molar-refractivity contribution in [3.8, 4) is 0 Å². The second kappa shape index (κ2) is 6.42. The minimum Gasteiger partial charge on any atom is -0.395 e. The van der Waals surface area contributed by atoms with Gasteiger partial charge < -0.3 is 11.1 Å². The van der Waals surface area contributed by atoms with Crippen molar-refractivity contribution in [1.82, 2.24) is 15.5 Å². The zero-order valence-electron chi connectivity index (χ0n) is 11.7. The summed E-state index contributed by atoms with van der Waals surface area (Å²) in [6.07, 6.45) is 2.72. The molecule has 1 unspecified atom stereocenters. The Hall–Kier alpha value is -1.52. The first-order chi connectivity index (χ1) is 8.45. The quantitative estimate of drug-likeness (QED) is 0.725. The Kier molecular flexibility index (Phi) is 5.19. The van der Waals surface area contributed by atoms with E-state index in [2.05, 4.69) is 36.3 Å². The molecule has 0 saturated heterocycles. The molecule has 1 aromatic rings. The van der Waals surface area contributed by atoms with E-state index in [-0.39, 0.29) is 11.9 Å². The van der Waals surface area contributed by atoms with E-state index >= 15 is 0 Å². The standard InChI is InChI=1S/C13H24N4O/c1-5-6-10-11(14)12(17-16-10)13(18)15-9(4)7-8(2)3/h8-9H,5-7,14H2,1-4H3,(H,15,18)(H,16,17). The topological polar surface area (TPSA) is 83.8 Å². The number of hydrogen-bond donors (Lipinski definition) is 3. The Balaban J connectivity index is 2.67. The Bertz CT molecular complexity index is 398. The molecule has 4 N–H and O–H groups in total. The molecule has 0 aliphatic carbocycles. The molecule has 1 amide bonds. The maximum atomic E-state index is 12.0. The number of carbonyl (C=O) groups is 1. The number of nitrogens with zero attached hydrogens (tertiary/aromatic N) is 1. The van der Waals surface area contributed by atoms with Gasteiger partial charge in [0.25, 0.3) is 5.91 Å². The third-order valence-electron chi connectivity index (χ3n) is 2.80. The van der Waals surface area contributed by atoms with Crippen molar-refractivity contribution >= 4 is 11.6 Å². The number of aromatic amines is 1. The number of carbonyl (C=O) groups excluding carboxylic acids is 1. The zero-order chi connectivity index (χ0) is 13.7. The van der Waals surface area contributed by atoms with Gasteiger partial charge in [-0.25, -0.2) is 0 Å². The van der Waals surface area contributed by atoms with Crippen molar-refractivity contribution in [1.29, 1.82) is 0 Å². The molecule has 0 bridgehead atoms. The SMILES string of the molecule is CCCc1[nH]nc(C(=O)NC(C)CC(C)C)c1N. The Morgan fingerprint density at radius 1 is 1.44 bits per heavy atom. The van der Waals surface area contributed by atoms with Crippen molar-refractivity contribution < 1.29 is 4.79 Å². The van der Waals surface area contributed by atoms with Crippen molar-refractivity contribution in [3.63, 3.8) is 0 Å². The van der Waals surface area contributed by atoms with Gasteiger partial charge in [0.15, 0.2) is 5.69 Å². The first-order valence-corrected chi connectivity index (χ1v) is 6.59. The number of amides is 1. The molecular formula is C13H24N4O. The molecule has 1 aromatic heterocycles. The summed E-state index contributed by atoms with van der Waals surface area (Å²) in [4.78, 5) is 12.0. The van der Waals surface area contributed by atoms with E-state index in [0.717, 1.165) is 25.0 Å². The van der Waals surface area contributed by atoms with Gasteiger partial charge in [-0.3, -0.25) is 9.89 Å². The van der Waals surface area contributed by atoms with Gasteiger partial charge in [0.05, 0.1) is 11.4 Å². The van der Waals surface area contributed by atoms with Crippen molar-refractivity contribution in [2.24, 2.45) is 5.92 Å². The molecule has 0 radical (unpaired) electrons. The van der Waals surface area contributed by atoms with Crippen LogP contribution in [0.4, 0.5) is 5.69 Å². The zero-order valence-corrected chi connectivity index (χ0v) is 11.7. The van der Waals surface area contributed by atoms with Gasteiger partial charge in [-0.1, -0.05) is 27.2 Å². The minimum atomic E-state index is -0.195. The number of nitrogen functional groups attached to an aromatic ring is 1. The van der Waals surface area contributed by atoms with Crippen LogP contribution in [0.25, 0.3) is 0 Å². The van der Waals surface area contributed by atoms with Crippen LogP contribution < -0.4 is 11.1 Å². The monoisotopic (exact) mass is 252 g/mol. The summed E-state index contributed by atoms with van der Waals surface area (Å²) in [5.74, 6) is 0.353. The first kappa shape index (κ1) is 14.5. The van der Waals surface area contributed by atoms with Crippen LogP contribution >= 0.6 is 0 Å². The van der Waals surface area contributed by atoms with Crippen LogP contribution in [-0.2, 0) is 6.42 Å². The van der Waals surface area contributed by atoms with Crippen LogP contribution in [0.15, 0.2) is 0 Å². The minimum absolute atomic E-state index is 0.128. The van der Waals surface area contributed by atoms with Gasteiger partial charge in [0, 0.05) is 6.04 Å². The molecule has 1 atom stereocenters. The van der Waals surface area contributed by atoms with E-state index in [1.54, 1.807) is 0 Å². The Morgan fingerprint density at radius 2 is 2.11 bits per heavy atom. The van der Waals surface area contributed by atoms with E-state index in [9.17, 15) is 4.79 Å². The van der Waals surface area contributed by atoms with Crippen LogP contribution in [0.1, 0.15) is 56.7 Å². The summed E-state index contributed by atoms with van der Waals surface area (Å²) < 4.78 is 0. The number of anilines is 1. The smallest absolute Gasteiger partial charge is 0.274 e. The summed E-state index contributed by atoms with van der Waals surface area (Å²) in [6.45, 7) is 8.31. The lowest BCUT2D eigenvalue weighted by atomic mass is 10.1. The van der Waals surface area contributed by atoms with Crippen LogP contribution in [0.5, 0.6) is 0 Å². The summed E-state index contributed by atoms with van der Waals surface area (Å²) in [7, 11) is 0. The Labute approximate surface area is 109 Å². The molecule has 18 heavy (non-hydrogen) atoms. The van der Waals surface area contributed by atoms with Crippen LogP contribution in [0.2, 0.25) is 0 Å². The van der Waals surface area contributed by atoms with Crippen LogP contribution in [0.3, 0.4) is 0 Å². The average molecular weight is 252 g/mol. The summed E-state index contributed by atoms with van der Waals surface area (Å²) >= 11 is 0. The van der Waals surface area contributed by atoms with Crippen LogP contribution in [0, 0.1) is 5.92 Å². The molecule has 0 spiro atoms. The second-order valence-electron chi connectivity index (χ2n) is 5.22. The lowest BCUT2D eigenvalue weighted by molar-refractivity contribution is 0.0932. The fourth-order valence-corrected chi connectivity index (χ4v) is 2.06. The highest BCUT2D eigenvalue weighted by Crippen LogP contribution is 2.16. The molecule has 102 valence electrons. The number of nitrogens with one attached hydrogen (secondary N) is 2. The summed E-state index contributed by atoms with van der Waals surface area (Å²) in [5.41, 5.74) is 7.55. The first-order valence-electron chi connectivity index (χ1n) is 6.59. The van der Waals surface area contributed by atoms with Gasteiger partial charge in [0.2, 0.25) is 0 Å². The van der Waals surface area contributed by atoms with Gasteiger partial charge in [-0.15, -0.1) is 0 Å². The van der Waals surface area contributed by atoms with E-state index in [0.29, 0.717) is 17.3 Å². The number of nitrogens with two attached hydrogens (primary N) is 1. The summed E-state index contributed by atoms with van der Waals surface area (Å²) in [5, 5.41) is 9.76. The number of H-pyrrole nitrogens is 1. The van der Waals surface area contributed by atoms with Crippen molar-refractivity contribution in [2.75, 3.05) is 5.73 Å². The number of hydrogen-bond acceptors (Lipinski definition) is 3. The summed E-state index contributed by atoms with van der Waals surface area (Å²) in [6, 6.07) is 0.128. The van der Waals surface area contributed by atoms with E-state index in [1.165, 1.54) is 0 Å². The normalized spacial score (nSPS) is 12.7. The molecule has 0 aromatic carbocycles. The van der Waals surface area contributed by atoms with Gasteiger partial charge >= 0.3 is 0 Å². The number of rotatable bonds is 6. The maximum Gasteiger partial charge on any atom is 0.274 e. The number of aryl methyl sites for hydroxylation is 1. The van der Waals surface area contributed by atoms with E-state index < -0.39 is 0 Å². The van der Waals surface area contributed by atoms with Crippen LogP contribution in [-0.4, -0.2) is 22.1 Å². The molecule has 0 fully saturated rings. The molecule has 0 saturated carbocycles. The molecule has 5 heteroatoms.